The lowest BCUT2D eigenvalue weighted by Gasteiger charge is -2.23. The lowest BCUT2D eigenvalue weighted by atomic mass is 9.69. The van der Waals surface area contributed by atoms with Crippen LogP contribution in [0.25, 0.3) is 0 Å². The van der Waals surface area contributed by atoms with Crippen LogP contribution in [0.4, 0.5) is 0 Å². The molecular weight excluding hydrogens is 294 g/mol. The Morgan fingerprint density at radius 1 is 0.810 bits per heavy atom. The largest absolute Gasteiger partial charge is 0.465 e. The standard InChI is InChI=1S/C14H28B2O3Si2/c1-9-13-11(3)20(5,6)18-15(13)17-16-14(10-2)12(4)21(7,8)19-16/h9-10H2,1-8H3. The summed E-state index contributed by atoms with van der Waals surface area (Å²) in [5.74, 6) is 0. The van der Waals surface area contributed by atoms with E-state index in [9.17, 15) is 0 Å². The summed E-state index contributed by atoms with van der Waals surface area (Å²) in [4.78, 5) is 0. The maximum Gasteiger partial charge on any atom is 0.465 e. The fourth-order valence-corrected chi connectivity index (χ4v) is 7.13. The molecule has 0 spiro atoms. The average molecular weight is 322 g/mol. The van der Waals surface area contributed by atoms with E-state index in [-0.39, 0.29) is 14.2 Å². The summed E-state index contributed by atoms with van der Waals surface area (Å²) in [7, 11) is -3.92. The van der Waals surface area contributed by atoms with Crippen molar-refractivity contribution in [1.29, 1.82) is 0 Å². The third-order valence-corrected chi connectivity index (χ3v) is 11.0. The van der Waals surface area contributed by atoms with Crippen molar-refractivity contribution >= 4 is 30.9 Å². The van der Waals surface area contributed by atoms with Gasteiger partial charge in [0.2, 0.25) is 0 Å². The molecule has 0 bridgehead atoms. The first-order valence-electron chi connectivity index (χ1n) is 8.05. The van der Waals surface area contributed by atoms with Gasteiger partial charge in [0.25, 0.3) is 0 Å². The molecule has 0 saturated heterocycles. The summed E-state index contributed by atoms with van der Waals surface area (Å²) in [6.07, 6.45) is 1.98. The van der Waals surface area contributed by atoms with Gasteiger partial charge in [-0.2, -0.15) is 0 Å². The van der Waals surface area contributed by atoms with Crippen molar-refractivity contribution < 1.29 is 13.3 Å². The molecule has 2 aliphatic rings. The number of hydrogen-bond acceptors (Lipinski definition) is 3. The summed E-state index contributed by atoms with van der Waals surface area (Å²) in [5, 5.41) is 2.87. The van der Waals surface area contributed by atoms with Gasteiger partial charge in [0, 0.05) is 0 Å². The third-order valence-electron chi connectivity index (χ3n) is 5.15. The van der Waals surface area contributed by atoms with E-state index in [4.69, 9.17) is 13.3 Å². The molecule has 116 valence electrons. The molecule has 2 rings (SSSR count). The minimum absolute atomic E-state index is 0.209. The zero-order chi connectivity index (χ0) is 16.0. The molecular formula is C14H28B2O3Si2. The first-order chi connectivity index (χ1) is 9.64. The highest BCUT2D eigenvalue weighted by molar-refractivity contribution is 6.93. The van der Waals surface area contributed by atoms with E-state index in [0.717, 1.165) is 12.8 Å². The minimum Gasteiger partial charge on any atom is -0.447 e. The maximum absolute atomic E-state index is 6.30. The Morgan fingerprint density at radius 3 is 1.43 bits per heavy atom. The van der Waals surface area contributed by atoms with Crippen molar-refractivity contribution in [2.75, 3.05) is 0 Å². The molecule has 3 nitrogen and oxygen atoms in total. The van der Waals surface area contributed by atoms with Crippen molar-refractivity contribution in [3.63, 3.8) is 0 Å². The van der Waals surface area contributed by atoms with Crippen LogP contribution >= 0.6 is 0 Å². The molecule has 0 aromatic rings. The van der Waals surface area contributed by atoms with Crippen LogP contribution in [-0.4, -0.2) is 30.9 Å². The molecule has 2 aliphatic heterocycles. The third kappa shape index (κ3) is 3.03. The van der Waals surface area contributed by atoms with Crippen LogP contribution < -0.4 is 0 Å². The van der Waals surface area contributed by atoms with Gasteiger partial charge in [0.15, 0.2) is 16.6 Å². The normalized spacial score (nSPS) is 24.6. The Kier molecular flexibility index (Phi) is 4.81. The summed E-state index contributed by atoms with van der Waals surface area (Å²) >= 11 is 0. The zero-order valence-corrected chi connectivity index (χ0v) is 16.8. The van der Waals surface area contributed by atoms with Crippen LogP contribution in [0.5, 0.6) is 0 Å². The highest BCUT2D eigenvalue weighted by Gasteiger charge is 2.49. The highest BCUT2D eigenvalue weighted by atomic mass is 28.4. The zero-order valence-electron chi connectivity index (χ0n) is 14.8. The molecule has 0 amide bonds. The summed E-state index contributed by atoms with van der Waals surface area (Å²) in [5.41, 5.74) is 2.66. The van der Waals surface area contributed by atoms with Crippen molar-refractivity contribution in [2.45, 2.75) is 66.7 Å². The van der Waals surface area contributed by atoms with Crippen LogP contribution in [0.15, 0.2) is 21.3 Å². The lowest BCUT2D eigenvalue weighted by molar-refractivity contribution is 0.388. The Bertz CT molecular complexity index is 456. The van der Waals surface area contributed by atoms with Gasteiger partial charge in [0.1, 0.15) is 0 Å². The number of hydrogen-bond donors (Lipinski definition) is 0. The summed E-state index contributed by atoms with van der Waals surface area (Å²) in [6.45, 7) is 17.8. The van der Waals surface area contributed by atoms with Crippen molar-refractivity contribution in [1.82, 2.24) is 0 Å². The van der Waals surface area contributed by atoms with Gasteiger partial charge in [-0.3, -0.25) is 0 Å². The van der Waals surface area contributed by atoms with Gasteiger partial charge in [-0.1, -0.05) is 24.2 Å². The minimum atomic E-state index is -1.75. The van der Waals surface area contributed by atoms with E-state index in [2.05, 4.69) is 53.9 Å². The second-order valence-corrected chi connectivity index (χ2v) is 15.1. The smallest absolute Gasteiger partial charge is 0.447 e. The van der Waals surface area contributed by atoms with Crippen LogP contribution in [-0.2, 0) is 13.3 Å². The second kappa shape index (κ2) is 5.85. The van der Waals surface area contributed by atoms with Crippen molar-refractivity contribution in [3.8, 4) is 0 Å². The Hall–Kier alpha value is -0.0764. The van der Waals surface area contributed by atoms with Crippen LogP contribution in [0.2, 0.25) is 26.2 Å². The SMILES string of the molecule is CCC1=C(C)[Si](C)(C)OB1OB1O[Si](C)(C)C(C)=C1CC. The first kappa shape index (κ1) is 17.3. The second-order valence-electron chi connectivity index (χ2n) is 7.06. The average Bonchev–Trinajstić information content (AvgIpc) is 2.72. The van der Waals surface area contributed by atoms with E-state index >= 15 is 0 Å². The van der Waals surface area contributed by atoms with Gasteiger partial charge >= 0.3 is 14.2 Å². The lowest BCUT2D eigenvalue weighted by Crippen LogP contribution is -2.40. The molecule has 0 radical (unpaired) electrons. The highest BCUT2D eigenvalue weighted by Crippen LogP contribution is 2.37. The van der Waals surface area contributed by atoms with E-state index in [0.29, 0.717) is 0 Å². The van der Waals surface area contributed by atoms with Crippen molar-refractivity contribution in [2.24, 2.45) is 0 Å². The van der Waals surface area contributed by atoms with Gasteiger partial charge < -0.3 is 13.3 Å². The fraction of sp³-hybridized carbons (Fsp3) is 0.714. The molecule has 0 unspecified atom stereocenters. The summed E-state index contributed by atoms with van der Waals surface area (Å²) < 4.78 is 18.9. The molecule has 21 heavy (non-hydrogen) atoms. The molecule has 2 heterocycles. The fourth-order valence-electron chi connectivity index (χ4n) is 3.18. The Morgan fingerprint density at radius 2 is 1.14 bits per heavy atom. The van der Waals surface area contributed by atoms with E-state index in [1.165, 1.54) is 21.3 Å². The van der Waals surface area contributed by atoms with Crippen LogP contribution in [0.3, 0.4) is 0 Å². The topological polar surface area (TPSA) is 27.7 Å². The first-order valence-corrected chi connectivity index (χ1v) is 13.9. The summed E-state index contributed by atoms with van der Waals surface area (Å²) in [6, 6.07) is 0. The monoisotopic (exact) mass is 322 g/mol. The van der Waals surface area contributed by atoms with Gasteiger partial charge in [-0.15, -0.1) is 0 Å². The number of allylic oxidation sites excluding steroid dienone is 4. The molecule has 0 aliphatic carbocycles. The molecule has 0 atom stereocenters. The van der Waals surface area contributed by atoms with E-state index < -0.39 is 16.6 Å². The van der Waals surface area contributed by atoms with E-state index in [1.807, 2.05) is 0 Å². The Balaban J connectivity index is 2.21. The molecule has 0 N–H and O–H groups in total. The predicted molar refractivity (Wildman–Crippen MR) is 95.7 cm³/mol. The molecule has 0 aromatic carbocycles. The van der Waals surface area contributed by atoms with Gasteiger partial charge in [0.05, 0.1) is 0 Å². The van der Waals surface area contributed by atoms with Crippen LogP contribution in [0, 0.1) is 0 Å². The van der Waals surface area contributed by atoms with Gasteiger partial charge in [-0.05, 0) is 63.8 Å². The van der Waals surface area contributed by atoms with Crippen molar-refractivity contribution in [3.05, 3.63) is 21.3 Å². The quantitative estimate of drug-likeness (QED) is 0.731. The maximum atomic E-state index is 6.30. The molecule has 0 fully saturated rings. The molecule has 7 heteroatoms. The van der Waals surface area contributed by atoms with Gasteiger partial charge in [-0.25, -0.2) is 0 Å². The molecule has 0 saturated carbocycles. The predicted octanol–water partition coefficient (Wildman–Crippen LogP) is 4.06. The molecule has 0 aromatic heterocycles. The van der Waals surface area contributed by atoms with Crippen LogP contribution in [0.1, 0.15) is 40.5 Å². The Labute approximate surface area is 132 Å². The van der Waals surface area contributed by atoms with E-state index in [1.54, 1.807) is 0 Å². The number of rotatable bonds is 4.